The van der Waals surface area contributed by atoms with Gasteiger partial charge in [0.15, 0.2) is 0 Å². The standard InChI is InChI=1S/C12H16N2O.C2H6/c1-5-7-11-10(6-2)12(15)14(8-13-11)9(3)4;1-2/h5-9H,2H2,1,3-4H3;1-2H3/b7-5-;. The second kappa shape index (κ2) is 7.60. The second-order valence-electron chi connectivity index (χ2n) is 3.55. The molecule has 0 saturated heterocycles. The molecule has 0 aliphatic carbocycles. The zero-order valence-corrected chi connectivity index (χ0v) is 11.4. The van der Waals surface area contributed by atoms with Gasteiger partial charge in [0.2, 0.25) is 0 Å². The highest BCUT2D eigenvalue weighted by atomic mass is 16.1. The molecule has 3 heteroatoms. The quantitative estimate of drug-likeness (QED) is 0.802. The van der Waals surface area contributed by atoms with Gasteiger partial charge in [-0.05, 0) is 26.8 Å². The van der Waals surface area contributed by atoms with Crippen LogP contribution in [-0.4, -0.2) is 9.55 Å². The van der Waals surface area contributed by atoms with Crippen molar-refractivity contribution in [1.82, 2.24) is 9.55 Å². The molecule has 0 fully saturated rings. The number of hydrogen-bond donors (Lipinski definition) is 0. The van der Waals surface area contributed by atoms with Crippen LogP contribution in [0, 0.1) is 0 Å². The highest BCUT2D eigenvalue weighted by Gasteiger charge is 2.08. The van der Waals surface area contributed by atoms with Crippen molar-refractivity contribution < 1.29 is 0 Å². The Morgan fingerprint density at radius 3 is 2.41 bits per heavy atom. The third-order valence-electron chi connectivity index (χ3n) is 2.15. The smallest absolute Gasteiger partial charge is 0.261 e. The summed E-state index contributed by atoms with van der Waals surface area (Å²) < 4.78 is 1.60. The Kier molecular flexibility index (Phi) is 6.87. The summed E-state index contributed by atoms with van der Waals surface area (Å²) in [6.07, 6.45) is 6.80. The van der Waals surface area contributed by atoms with Crippen LogP contribution in [0.5, 0.6) is 0 Å². The van der Waals surface area contributed by atoms with Crippen molar-refractivity contribution in [3.63, 3.8) is 0 Å². The summed E-state index contributed by atoms with van der Waals surface area (Å²) in [5.74, 6) is 0. The first-order valence-electron chi connectivity index (χ1n) is 5.98. The summed E-state index contributed by atoms with van der Waals surface area (Å²) in [6, 6.07) is 0.114. The normalized spacial score (nSPS) is 10.2. The van der Waals surface area contributed by atoms with Crippen molar-refractivity contribution in [2.24, 2.45) is 0 Å². The average molecular weight is 234 g/mol. The van der Waals surface area contributed by atoms with E-state index in [9.17, 15) is 4.79 Å². The van der Waals surface area contributed by atoms with Crippen molar-refractivity contribution in [3.8, 4) is 0 Å². The fraction of sp³-hybridized carbons (Fsp3) is 0.429. The number of aromatic nitrogens is 2. The SMILES string of the molecule is C=Cc1c(/C=C\C)ncn(C(C)C)c1=O.CC. The van der Waals surface area contributed by atoms with Gasteiger partial charge in [0.25, 0.3) is 5.56 Å². The van der Waals surface area contributed by atoms with E-state index >= 15 is 0 Å². The molecule has 1 rings (SSSR count). The van der Waals surface area contributed by atoms with Crippen LogP contribution in [0.2, 0.25) is 0 Å². The van der Waals surface area contributed by atoms with Crippen LogP contribution in [0.4, 0.5) is 0 Å². The summed E-state index contributed by atoms with van der Waals surface area (Å²) >= 11 is 0. The van der Waals surface area contributed by atoms with Crippen LogP contribution in [0.25, 0.3) is 12.2 Å². The molecule has 0 amide bonds. The van der Waals surface area contributed by atoms with E-state index in [2.05, 4.69) is 11.6 Å². The predicted molar refractivity (Wildman–Crippen MR) is 75.0 cm³/mol. The van der Waals surface area contributed by atoms with E-state index < -0.39 is 0 Å². The minimum absolute atomic E-state index is 0.0388. The fourth-order valence-corrected chi connectivity index (χ4v) is 1.35. The molecule has 0 aliphatic heterocycles. The minimum Gasteiger partial charge on any atom is -0.296 e. The van der Waals surface area contributed by atoms with Gasteiger partial charge < -0.3 is 0 Å². The first kappa shape index (κ1) is 15.4. The zero-order chi connectivity index (χ0) is 13.4. The lowest BCUT2D eigenvalue weighted by molar-refractivity contribution is 0.566. The van der Waals surface area contributed by atoms with Gasteiger partial charge in [-0.3, -0.25) is 9.36 Å². The Morgan fingerprint density at radius 2 is 2.00 bits per heavy atom. The zero-order valence-electron chi connectivity index (χ0n) is 11.4. The Hall–Kier alpha value is -1.64. The molecule has 1 heterocycles. The maximum atomic E-state index is 12.0. The molecule has 0 spiro atoms. The molecule has 17 heavy (non-hydrogen) atoms. The highest BCUT2D eigenvalue weighted by Crippen LogP contribution is 2.06. The molecule has 1 aromatic rings. The van der Waals surface area contributed by atoms with Gasteiger partial charge in [-0.1, -0.05) is 32.6 Å². The predicted octanol–water partition coefficient (Wildman–Crippen LogP) is 3.53. The highest BCUT2D eigenvalue weighted by molar-refractivity contribution is 5.60. The third kappa shape index (κ3) is 3.70. The van der Waals surface area contributed by atoms with Crippen molar-refractivity contribution in [2.45, 2.75) is 40.7 Å². The van der Waals surface area contributed by atoms with Crippen LogP contribution in [0.3, 0.4) is 0 Å². The van der Waals surface area contributed by atoms with Gasteiger partial charge in [-0.25, -0.2) is 4.98 Å². The lowest BCUT2D eigenvalue weighted by atomic mass is 10.2. The van der Waals surface area contributed by atoms with Crippen LogP contribution < -0.4 is 5.56 Å². The van der Waals surface area contributed by atoms with E-state index in [1.54, 1.807) is 17.0 Å². The van der Waals surface area contributed by atoms with Crippen LogP contribution >= 0.6 is 0 Å². The summed E-state index contributed by atoms with van der Waals surface area (Å²) in [5, 5.41) is 0. The first-order chi connectivity index (χ1) is 8.11. The monoisotopic (exact) mass is 234 g/mol. The Bertz CT molecular complexity index is 442. The molecule has 94 valence electrons. The number of allylic oxidation sites excluding steroid dienone is 1. The molecule has 3 nitrogen and oxygen atoms in total. The second-order valence-corrected chi connectivity index (χ2v) is 3.55. The molecule has 1 aromatic heterocycles. The van der Waals surface area contributed by atoms with E-state index in [0.717, 1.165) is 0 Å². The molecule has 0 N–H and O–H groups in total. The molecule has 0 bridgehead atoms. The van der Waals surface area contributed by atoms with Gasteiger partial charge in [0, 0.05) is 6.04 Å². The van der Waals surface area contributed by atoms with Gasteiger partial charge >= 0.3 is 0 Å². The summed E-state index contributed by atoms with van der Waals surface area (Å²) in [4.78, 5) is 16.2. The van der Waals surface area contributed by atoms with E-state index in [1.165, 1.54) is 0 Å². The number of rotatable bonds is 3. The Balaban J connectivity index is 0.00000121. The summed E-state index contributed by atoms with van der Waals surface area (Å²) in [5.41, 5.74) is 1.20. The maximum Gasteiger partial charge on any atom is 0.261 e. The van der Waals surface area contributed by atoms with Crippen LogP contribution in [0.15, 0.2) is 23.8 Å². The van der Waals surface area contributed by atoms with E-state index in [4.69, 9.17) is 0 Å². The summed E-state index contributed by atoms with van der Waals surface area (Å²) in [7, 11) is 0. The molecule has 0 atom stereocenters. The molecule has 0 radical (unpaired) electrons. The van der Waals surface area contributed by atoms with E-state index in [0.29, 0.717) is 11.3 Å². The molecule has 0 saturated carbocycles. The fourth-order valence-electron chi connectivity index (χ4n) is 1.35. The van der Waals surface area contributed by atoms with Gasteiger partial charge in [-0.15, -0.1) is 0 Å². The van der Waals surface area contributed by atoms with Crippen LogP contribution in [0.1, 0.15) is 51.9 Å². The van der Waals surface area contributed by atoms with Gasteiger partial charge in [0.05, 0.1) is 17.6 Å². The minimum atomic E-state index is -0.0388. The largest absolute Gasteiger partial charge is 0.296 e. The van der Waals surface area contributed by atoms with Crippen LogP contribution in [-0.2, 0) is 0 Å². The van der Waals surface area contributed by atoms with Crippen molar-refractivity contribution >= 4 is 12.2 Å². The molecule has 0 aliphatic rings. The summed E-state index contributed by atoms with van der Waals surface area (Å²) in [6.45, 7) is 13.4. The molecule has 0 unspecified atom stereocenters. The lowest BCUT2D eigenvalue weighted by Gasteiger charge is -2.10. The van der Waals surface area contributed by atoms with Crippen molar-refractivity contribution in [2.75, 3.05) is 0 Å². The number of hydrogen-bond acceptors (Lipinski definition) is 2. The van der Waals surface area contributed by atoms with Crippen molar-refractivity contribution in [1.29, 1.82) is 0 Å². The van der Waals surface area contributed by atoms with E-state index in [1.807, 2.05) is 46.8 Å². The average Bonchev–Trinajstić information content (AvgIpc) is 2.32. The Morgan fingerprint density at radius 1 is 1.41 bits per heavy atom. The molecular formula is C14H22N2O. The van der Waals surface area contributed by atoms with Gasteiger partial charge in [-0.2, -0.15) is 0 Å². The third-order valence-corrected chi connectivity index (χ3v) is 2.15. The first-order valence-corrected chi connectivity index (χ1v) is 5.98. The maximum absolute atomic E-state index is 12.0. The topological polar surface area (TPSA) is 34.9 Å². The molecular weight excluding hydrogens is 212 g/mol. The lowest BCUT2D eigenvalue weighted by Crippen LogP contribution is -2.25. The number of nitrogens with zero attached hydrogens (tertiary/aromatic N) is 2. The van der Waals surface area contributed by atoms with E-state index in [-0.39, 0.29) is 11.6 Å². The molecule has 0 aromatic carbocycles. The Labute approximate surface area is 104 Å². The van der Waals surface area contributed by atoms with Crippen molar-refractivity contribution in [3.05, 3.63) is 40.6 Å². The van der Waals surface area contributed by atoms with Gasteiger partial charge in [0.1, 0.15) is 0 Å².